The molecule has 0 spiro atoms. The van der Waals surface area contributed by atoms with Gasteiger partial charge in [0.25, 0.3) is 0 Å². The molecule has 2 rings (SSSR count). The largest absolute Gasteiger partial charge is 0.331 e. The second-order valence-electron chi connectivity index (χ2n) is 8.23. The van der Waals surface area contributed by atoms with Crippen LogP contribution in [0.4, 0.5) is 0 Å². The van der Waals surface area contributed by atoms with E-state index in [0.29, 0.717) is 0 Å². The third-order valence-corrected chi connectivity index (χ3v) is 8.92. The van der Waals surface area contributed by atoms with Crippen LogP contribution in [0.1, 0.15) is 90.4 Å². The lowest BCUT2D eigenvalue weighted by molar-refractivity contribution is 0.414. The number of allylic oxidation sites excluding steroid dienone is 4. The molecule has 0 radical (unpaired) electrons. The van der Waals surface area contributed by atoms with E-state index in [2.05, 4.69) is 37.2 Å². The maximum Gasteiger partial charge on any atom is 0.148 e. The Kier molecular flexibility index (Phi) is 8.12. The van der Waals surface area contributed by atoms with Gasteiger partial charge in [-0.2, -0.15) is 0 Å². The monoisotopic (exact) mass is 333 g/mol. The molecule has 2 aliphatic carbocycles. The SMILES string of the molecule is CCCCCCCCC1=C([Si](C)(C)NC2CCCCC2)CC=C1. The lowest BCUT2D eigenvalue weighted by Crippen LogP contribution is -2.52. The lowest BCUT2D eigenvalue weighted by Gasteiger charge is -2.34. The number of hydrogen-bond donors (Lipinski definition) is 1. The molecular weight excluding hydrogens is 294 g/mol. The van der Waals surface area contributed by atoms with Crippen molar-refractivity contribution in [2.45, 2.75) is 110 Å². The third kappa shape index (κ3) is 6.23. The average molecular weight is 334 g/mol. The van der Waals surface area contributed by atoms with Crippen molar-refractivity contribution in [3.05, 3.63) is 22.9 Å². The van der Waals surface area contributed by atoms with Crippen molar-refractivity contribution in [1.82, 2.24) is 4.98 Å². The maximum absolute atomic E-state index is 4.13. The molecule has 0 aromatic heterocycles. The van der Waals surface area contributed by atoms with E-state index in [1.54, 1.807) is 10.8 Å². The van der Waals surface area contributed by atoms with Crippen molar-refractivity contribution in [1.29, 1.82) is 0 Å². The molecule has 0 amide bonds. The molecule has 132 valence electrons. The molecule has 0 aromatic rings. The zero-order chi connectivity index (χ0) is 16.5. The van der Waals surface area contributed by atoms with Crippen LogP contribution in [0.15, 0.2) is 22.9 Å². The lowest BCUT2D eigenvalue weighted by atomic mass is 9.96. The van der Waals surface area contributed by atoms with E-state index in [1.165, 1.54) is 83.5 Å². The van der Waals surface area contributed by atoms with Crippen LogP contribution < -0.4 is 4.98 Å². The Morgan fingerprint density at radius 2 is 1.70 bits per heavy atom. The first-order valence-electron chi connectivity index (χ1n) is 10.3. The molecule has 1 fully saturated rings. The minimum absolute atomic E-state index is 0.800. The molecule has 1 saturated carbocycles. The number of rotatable bonds is 10. The van der Waals surface area contributed by atoms with Crippen molar-refractivity contribution in [2.75, 3.05) is 0 Å². The predicted octanol–water partition coefficient (Wildman–Crippen LogP) is 6.66. The molecule has 0 atom stereocenters. The van der Waals surface area contributed by atoms with Gasteiger partial charge in [-0.3, -0.25) is 0 Å². The van der Waals surface area contributed by atoms with Crippen LogP contribution in [0, 0.1) is 0 Å². The standard InChI is InChI=1S/C21H39NSi/c1-4-5-6-7-8-10-14-19-15-13-18-21(19)23(2,3)22-20-16-11-9-12-17-20/h13,15,20,22H,4-12,14,16-18H2,1-3H3. The second kappa shape index (κ2) is 9.83. The van der Waals surface area contributed by atoms with Crippen molar-refractivity contribution >= 4 is 8.24 Å². The fourth-order valence-electron chi connectivity index (χ4n) is 4.38. The molecule has 2 heteroatoms. The Morgan fingerprint density at radius 3 is 2.43 bits per heavy atom. The summed E-state index contributed by atoms with van der Waals surface area (Å²) in [6, 6.07) is 0.800. The summed E-state index contributed by atoms with van der Waals surface area (Å²) in [4.78, 5) is 4.13. The first-order valence-corrected chi connectivity index (χ1v) is 13.3. The molecule has 1 N–H and O–H groups in total. The maximum atomic E-state index is 4.13. The molecule has 0 aliphatic heterocycles. The Balaban J connectivity index is 1.82. The van der Waals surface area contributed by atoms with Crippen LogP contribution in [0.3, 0.4) is 0 Å². The van der Waals surface area contributed by atoms with Gasteiger partial charge < -0.3 is 4.98 Å². The molecule has 0 bridgehead atoms. The summed E-state index contributed by atoms with van der Waals surface area (Å²) in [6.07, 6.45) is 23.0. The van der Waals surface area contributed by atoms with Gasteiger partial charge in [0, 0.05) is 6.04 Å². The van der Waals surface area contributed by atoms with Gasteiger partial charge in [-0.1, -0.05) is 94.3 Å². The number of unbranched alkanes of at least 4 members (excludes halogenated alkanes) is 5. The van der Waals surface area contributed by atoms with Gasteiger partial charge in [-0.05, 0) is 32.1 Å². The van der Waals surface area contributed by atoms with E-state index in [9.17, 15) is 0 Å². The van der Waals surface area contributed by atoms with Gasteiger partial charge in [-0.25, -0.2) is 0 Å². The number of nitrogens with one attached hydrogen (secondary N) is 1. The zero-order valence-corrected chi connectivity index (χ0v) is 16.9. The summed E-state index contributed by atoms with van der Waals surface area (Å²) in [6.45, 7) is 7.39. The topological polar surface area (TPSA) is 12.0 Å². The van der Waals surface area contributed by atoms with Crippen molar-refractivity contribution in [2.24, 2.45) is 0 Å². The molecule has 1 nitrogen and oxygen atoms in total. The van der Waals surface area contributed by atoms with Crippen molar-refractivity contribution < 1.29 is 0 Å². The van der Waals surface area contributed by atoms with E-state index in [4.69, 9.17) is 0 Å². The molecule has 23 heavy (non-hydrogen) atoms. The van der Waals surface area contributed by atoms with E-state index >= 15 is 0 Å². The van der Waals surface area contributed by atoms with Crippen LogP contribution in [0.5, 0.6) is 0 Å². The molecule has 0 saturated heterocycles. The minimum Gasteiger partial charge on any atom is -0.331 e. The molecule has 0 heterocycles. The highest BCUT2D eigenvalue weighted by Crippen LogP contribution is 2.31. The molecule has 0 unspecified atom stereocenters. The molecule has 0 aromatic carbocycles. The normalized spacial score (nSPS) is 19.8. The second-order valence-corrected chi connectivity index (χ2v) is 12.4. The van der Waals surface area contributed by atoms with Gasteiger partial charge in [0.15, 0.2) is 0 Å². The summed E-state index contributed by atoms with van der Waals surface area (Å²) in [5.74, 6) is 0. The van der Waals surface area contributed by atoms with E-state index in [0.717, 1.165) is 6.04 Å². The Hall–Kier alpha value is -0.343. The van der Waals surface area contributed by atoms with Crippen LogP contribution in [0.25, 0.3) is 0 Å². The van der Waals surface area contributed by atoms with Crippen LogP contribution in [0.2, 0.25) is 13.1 Å². The van der Waals surface area contributed by atoms with Crippen molar-refractivity contribution in [3.8, 4) is 0 Å². The minimum atomic E-state index is -1.43. The van der Waals surface area contributed by atoms with E-state index < -0.39 is 8.24 Å². The summed E-state index contributed by atoms with van der Waals surface area (Å²) < 4.78 is 0. The Bertz CT molecular complexity index is 402. The van der Waals surface area contributed by atoms with E-state index in [1.807, 2.05) is 0 Å². The summed E-state index contributed by atoms with van der Waals surface area (Å²) in [5.41, 5.74) is 1.69. The highest BCUT2D eigenvalue weighted by Gasteiger charge is 2.32. The van der Waals surface area contributed by atoms with Crippen LogP contribution in [-0.4, -0.2) is 14.3 Å². The summed E-state index contributed by atoms with van der Waals surface area (Å²) >= 11 is 0. The first-order chi connectivity index (χ1) is 11.1. The van der Waals surface area contributed by atoms with E-state index in [-0.39, 0.29) is 0 Å². The fourth-order valence-corrected chi connectivity index (χ4v) is 7.50. The summed E-state index contributed by atoms with van der Waals surface area (Å²) in [7, 11) is -1.43. The van der Waals surface area contributed by atoms with Gasteiger partial charge >= 0.3 is 0 Å². The van der Waals surface area contributed by atoms with Crippen LogP contribution >= 0.6 is 0 Å². The van der Waals surface area contributed by atoms with Crippen molar-refractivity contribution in [3.63, 3.8) is 0 Å². The smallest absolute Gasteiger partial charge is 0.148 e. The Morgan fingerprint density at radius 1 is 1.00 bits per heavy atom. The average Bonchev–Trinajstić information content (AvgIpc) is 3.01. The third-order valence-electron chi connectivity index (χ3n) is 5.75. The quantitative estimate of drug-likeness (QED) is 0.348. The molecular formula is C21H39NSi. The van der Waals surface area contributed by atoms with Crippen LogP contribution in [-0.2, 0) is 0 Å². The highest BCUT2D eigenvalue weighted by molar-refractivity contribution is 6.82. The Labute approximate surface area is 146 Å². The first kappa shape index (κ1) is 19.0. The fraction of sp³-hybridized carbons (Fsp3) is 0.810. The predicted molar refractivity (Wildman–Crippen MR) is 106 cm³/mol. The number of hydrogen-bond acceptors (Lipinski definition) is 1. The molecule has 2 aliphatic rings. The van der Waals surface area contributed by atoms with Gasteiger partial charge in [0.2, 0.25) is 0 Å². The van der Waals surface area contributed by atoms with Gasteiger partial charge in [-0.15, -0.1) is 0 Å². The van der Waals surface area contributed by atoms with Gasteiger partial charge in [0.05, 0.1) is 0 Å². The summed E-state index contributed by atoms with van der Waals surface area (Å²) in [5, 5.41) is 1.80. The van der Waals surface area contributed by atoms with Gasteiger partial charge in [0.1, 0.15) is 8.24 Å². The zero-order valence-electron chi connectivity index (χ0n) is 15.9. The highest BCUT2D eigenvalue weighted by atomic mass is 28.3.